The normalized spacial score (nSPS) is 22.2. The van der Waals surface area contributed by atoms with Crippen molar-refractivity contribution in [1.82, 2.24) is 10.3 Å². The number of cyclic esters (lactones) is 1. The predicted molar refractivity (Wildman–Crippen MR) is 142 cm³/mol. The molecule has 0 saturated carbocycles. The molecule has 1 aromatic heterocycles. The van der Waals surface area contributed by atoms with Crippen LogP contribution in [0.5, 0.6) is 11.5 Å². The maximum atomic E-state index is 13.1. The lowest BCUT2D eigenvalue weighted by atomic mass is 10.0. The maximum absolute atomic E-state index is 13.1. The summed E-state index contributed by atoms with van der Waals surface area (Å²) in [5, 5.41) is 13.0. The summed E-state index contributed by atoms with van der Waals surface area (Å²) in [7, 11) is 1.38. The standard InChI is InChI=1S/C29H40N2O7/c1-19(2)18-37-24-14-8-13-22(31-28(33)25-26(32)23(35-4)15-16-30-25)29(34)38-20(3)27(24)36-17-9-12-21-10-6-5-7-11-21/h5-7,10-11,15-16,19-20,22,24,27,32H,8-9,12-14,17-18H2,1-4H3,(H,31,33). The minimum Gasteiger partial charge on any atom is -0.503 e. The third-order valence-electron chi connectivity index (χ3n) is 6.43. The quantitative estimate of drug-likeness (QED) is 0.331. The third-order valence-corrected chi connectivity index (χ3v) is 6.43. The molecule has 1 aliphatic rings. The number of aryl methyl sites for hydroxylation is 1. The van der Waals surface area contributed by atoms with Crippen molar-refractivity contribution < 1.29 is 33.6 Å². The highest BCUT2D eigenvalue weighted by Gasteiger charge is 2.36. The Morgan fingerprint density at radius 3 is 2.66 bits per heavy atom. The number of methoxy groups -OCH3 is 1. The second kappa shape index (κ2) is 14.7. The smallest absolute Gasteiger partial charge is 0.329 e. The van der Waals surface area contributed by atoms with Gasteiger partial charge in [0.05, 0.1) is 13.2 Å². The van der Waals surface area contributed by atoms with E-state index in [1.54, 1.807) is 6.92 Å². The largest absolute Gasteiger partial charge is 0.503 e. The molecular weight excluding hydrogens is 488 g/mol. The monoisotopic (exact) mass is 528 g/mol. The van der Waals surface area contributed by atoms with Gasteiger partial charge in [-0.3, -0.25) is 4.79 Å². The molecule has 208 valence electrons. The molecule has 4 atom stereocenters. The van der Waals surface area contributed by atoms with Gasteiger partial charge in [0.2, 0.25) is 0 Å². The van der Waals surface area contributed by atoms with E-state index in [0.717, 1.165) is 12.8 Å². The first-order valence-corrected chi connectivity index (χ1v) is 13.3. The fourth-order valence-electron chi connectivity index (χ4n) is 4.44. The molecule has 1 aromatic carbocycles. The summed E-state index contributed by atoms with van der Waals surface area (Å²) in [5.41, 5.74) is 1.02. The van der Waals surface area contributed by atoms with Crippen molar-refractivity contribution in [2.45, 2.75) is 77.2 Å². The SMILES string of the molecule is COc1ccnc(C(=O)NC2CCCC(OCC(C)C)C(OCCCc3ccccc3)C(C)OC2=O)c1O. The molecule has 38 heavy (non-hydrogen) atoms. The molecule has 1 saturated heterocycles. The lowest BCUT2D eigenvalue weighted by Crippen LogP contribution is -2.46. The first-order chi connectivity index (χ1) is 18.3. The number of nitrogens with zero attached hydrogens (tertiary/aromatic N) is 1. The summed E-state index contributed by atoms with van der Waals surface area (Å²) in [6.07, 6.45) is 3.40. The molecule has 2 aromatic rings. The van der Waals surface area contributed by atoms with Crippen LogP contribution in [0.25, 0.3) is 0 Å². The van der Waals surface area contributed by atoms with Gasteiger partial charge in [0, 0.05) is 25.5 Å². The van der Waals surface area contributed by atoms with Gasteiger partial charge in [0.1, 0.15) is 18.2 Å². The number of benzene rings is 1. The van der Waals surface area contributed by atoms with Crippen LogP contribution < -0.4 is 10.1 Å². The third kappa shape index (κ3) is 8.43. The van der Waals surface area contributed by atoms with Gasteiger partial charge in [-0.05, 0) is 50.5 Å². The van der Waals surface area contributed by atoms with Crippen LogP contribution in [0.1, 0.15) is 62.5 Å². The number of ether oxygens (including phenoxy) is 4. The summed E-state index contributed by atoms with van der Waals surface area (Å²) >= 11 is 0. The Balaban J connectivity index is 1.67. The van der Waals surface area contributed by atoms with Crippen LogP contribution in [-0.4, -0.2) is 66.6 Å². The van der Waals surface area contributed by atoms with E-state index >= 15 is 0 Å². The Labute approximate surface area is 224 Å². The van der Waals surface area contributed by atoms with Crippen molar-refractivity contribution in [2.75, 3.05) is 20.3 Å². The van der Waals surface area contributed by atoms with Crippen molar-refractivity contribution in [3.8, 4) is 11.5 Å². The fraction of sp³-hybridized carbons (Fsp3) is 0.552. The lowest BCUT2D eigenvalue weighted by molar-refractivity contribution is -0.168. The van der Waals surface area contributed by atoms with Crippen molar-refractivity contribution in [3.05, 3.63) is 53.9 Å². The van der Waals surface area contributed by atoms with Gasteiger partial charge in [-0.25, -0.2) is 9.78 Å². The fourth-order valence-corrected chi connectivity index (χ4v) is 4.44. The number of pyridine rings is 1. The van der Waals surface area contributed by atoms with Gasteiger partial charge in [-0.2, -0.15) is 0 Å². The number of aromatic nitrogens is 1. The zero-order valence-corrected chi connectivity index (χ0v) is 22.7. The second-order valence-electron chi connectivity index (χ2n) is 10.00. The van der Waals surface area contributed by atoms with Gasteiger partial charge in [0.25, 0.3) is 5.91 Å². The topological polar surface area (TPSA) is 116 Å². The van der Waals surface area contributed by atoms with E-state index in [1.165, 1.54) is 24.9 Å². The minimum absolute atomic E-state index is 0.119. The molecule has 0 aliphatic carbocycles. The van der Waals surface area contributed by atoms with Crippen molar-refractivity contribution >= 4 is 11.9 Å². The molecule has 1 aliphatic heterocycles. The molecule has 9 nitrogen and oxygen atoms in total. The number of carbonyl (C=O) groups excluding carboxylic acids is 2. The van der Waals surface area contributed by atoms with E-state index in [0.29, 0.717) is 38.4 Å². The van der Waals surface area contributed by atoms with Crippen molar-refractivity contribution in [3.63, 3.8) is 0 Å². The maximum Gasteiger partial charge on any atom is 0.329 e. The highest BCUT2D eigenvalue weighted by atomic mass is 16.6. The number of esters is 1. The van der Waals surface area contributed by atoms with E-state index in [4.69, 9.17) is 18.9 Å². The van der Waals surface area contributed by atoms with Gasteiger partial charge in [-0.1, -0.05) is 44.2 Å². The number of amides is 1. The molecule has 0 spiro atoms. The first-order valence-electron chi connectivity index (χ1n) is 13.3. The summed E-state index contributed by atoms with van der Waals surface area (Å²) in [5.74, 6) is -1.17. The van der Waals surface area contributed by atoms with Crippen molar-refractivity contribution in [1.29, 1.82) is 0 Å². The molecule has 3 rings (SSSR count). The van der Waals surface area contributed by atoms with E-state index in [9.17, 15) is 14.7 Å². The zero-order valence-electron chi connectivity index (χ0n) is 22.7. The molecule has 1 fully saturated rings. The minimum atomic E-state index is -0.903. The molecule has 9 heteroatoms. The number of aromatic hydroxyl groups is 1. The van der Waals surface area contributed by atoms with Crippen LogP contribution in [0.15, 0.2) is 42.6 Å². The van der Waals surface area contributed by atoms with Crippen LogP contribution in [0.4, 0.5) is 0 Å². The second-order valence-corrected chi connectivity index (χ2v) is 10.00. The Morgan fingerprint density at radius 2 is 1.95 bits per heavy atom. The van der Waals surface area contributed by atoms with Gasteiger partial charge in [0.15, 0.2) is 17.2 Å². The zero-order chi connectivity index (χ0) is 27.5. The number of carbonyl (C=O) groups is 2. The van der Waals surface area contributed by atoms with E-state index in [1.807, 2.05) is 18.2 Å². The summed E-state index contributed by atoms with van der Waals surface area (Å²) in [6, 6.07) is 10.8. The van der Waals surface area contributed by atoms with Crippen molar-refractivity contribution in [2.24, 2.45) is 5.92 Å². The number of rotatable bonds is 11. The Kier molecular flexibility index (Phi) is 11.4. The highest BCUT2D eigenvalue weighted by Crippen LogP contribution is 2.28. The van der Waals surface area contributed by atoms with Gasteiger partial charge >= 0.3 is 5.97 Å². The molecule has 2 N–H and O–H groups in total. The predicted octanol–water partition coefficient (Wildman–Crippen LogP) is 4.07. The highest BCUT2D eigenvalue weighted by molar-refractivity contribution is 5.97. The Morgan fingerprint density at radius 1 is 1.18 bits per heavy atom. The summed E-state index contributed by atoms with van der Waals surface area (Å²) in [6.45, 7) is 7.04. The average Bonchev–Trinajstić information content (AvgIpc) is 2.95. The Hall–Kier alpha value is -3.17. The molecule has 4 unspecified atom stereocenters. The molecule has 2 heterocycles. The number of hydrogen-bond acceptors (Lipinski definition) is 8. The van der Waals surface area contributed by atoms with E-state index < -0.39 is 30.1 Å². The molecular formula is C29H40N2O7. The first kappa shape index (κ1) is 29.4. The van der Waals surface area contributed by atoms with Crippen LogP contribution in [0, 0.1) is 5.92 Å². The number of nitrogens with one attached hydrogen (secondary N) is 1. The molecule has 0 bridgehead atoms. The molecule has 1 amide bonds. The summed E-state index contributed by atoms with van der Waals surface area (Å²) in [4.78, 5) is 29.9. The van der Waals surface area contributed by atoms with Gasteiger partial charge in [-0.15, -0.1) is 0 Å². The van der Waals surface area contributed by atoms with E-state index in [2.05, 4.69) is 36.3 Å². The van der Waals surface area contributed by atoms with Crippen LogP contribution >= 0.6 is 0 Å². The van der Waals surface area contributed by atoms with Crippen LogP contribution in [0.2, 0.25) is 0 Å². The average molecular weight is 529 g/mol. The number of hydrogen-bond donors (Lipinski definition) is 2. The molecule has 0 radical (unpaired) electrons. The lowest BCUT2D eigenvalue weighted by Gasteiger charge is -2.31. The van der Waals surface area contributed by atoms with Crippen LogP contribution in [0.3, 0.4) is 0 Å². The Bertz CT molecular complexity index is 1030. The van der Waals surface area contributed by atoms with Gasteiger partial charge < -0.3 is 29.4 Å². The summed E-state index contributed by atoms with van der Waals surface area (Å²) < 4.78 is 23.4. The van der Waals surface area contributed by atoms with Crippen LogP contribution in [-0.2, 0) is 25.4 Å². The van der Waals surface area contributed by atoms with E-state index in [-0.39, 0.29) is 23.3 Å².